The third-order valence-electron chi connectivity index (χ3n) is 5.82. The van der Waals surface area contributed by atoms with Gasteiger partial charge in [-0.25, -0.2) is 0 Å². The standard InChI is InChI=1S/C24H24O3/c1-2-21-23(24-22(27-21)20-13-6-4-9-18(20)15-26-24)25-14-17-11-7-10-16-8-3-5-12-19(16)17/h3-13,21-24H,2,14-15H2,1H3/t21-,22-,23+,24+/m1/s1. The lowest BCUT2D eigenvalue weighted by Crippen LogP contribution is -2.37. The summed E-state index contributed by atoms with van der Waals surface area (Å²) in [4.78, 5) is 0. The van der Waals surface area contributed by atoms with Crippen LogP contribution >= 0.6 is 0 Å². The summed E-state index contributed by atoms with van der Waals surface area (Å²) in [6, 6.07) is 23.3. The first-order valence-electron chi connectivity index (χ1n) is 9.78. The fourth-order valence-electron chi connectivity index (χ4n) is 4.42. The van der Waals surface area contributed by atoms with Crippen LogP contribution in [0.25, 0.3) is 10.8 Å². The molecule has 0 bridgehead atoms. The largest absolute Gasteiger partial charge is 0.368 e. The lowest BCUT2D eigenvalue weighted by molar-refractivity contribution is -0.0859. The van der Waals surface area contributed by atoms with Gasteiger partial charge in [0.1, 0.15) is 18.3 Å². The van der Waals surface area contributed by atoms with Crippen molar-refractivity contribution in [2.45, 2.75) is 51.0 Å². The van der Waals surface area contributed by atoms with Crippen molar-refractivity contribution in [2.75, 3.05) is 0 Å². The van der Waals surface area contributed by atoms with Gasteiger partial charge in [0.15, 0.2) is 0 Å². The first-order chi connectivity index (χ1) is 13.3. The van der Waals surface area contributed by atoms with E-state index in [0.717, 1.165) is 6.42 Å². The Hall–Kier alpha value is -2.20. The van der Waals surface area contributed by atoms with Crippen LogP contribution in [0.4, 0.5) is 0 Å². The third kappa shape index (κ3) is 2.96. The Labute approximate surface area is 159 Å². The molecule has 0 spiro atoms. The van der Waals surface area contributed by atoms with Gasteiger partial charge in [-0.2, -0.15) is 0 Å². The molecule has 0 aromatic heterocycles. The summed E-state index contributed by atoms with van der Waals surface area (Å²) >= 11 is 0. The van der Waals surface area contributed by atoms with E-state index in [9.17, 15) is 0 Å². The molecule has 138 valence electrons. The molecule has 0 amide bonds. The molecule has 3 aromatic rings. The molecule has 2 aliphatic heterocycles. The summed E-state index contributed by atoms with van der Waals surface area (Å²) in [5.74, 6) is 0. The van der Waals surface area contributed by atoms with Crippen LogP contribution in [-0.4, -0.2) is 18.3 Å². The van der Waals surface area contributed by atoms with Crippen LogP contribution in [0, 0.1) is 0 Å². The number of ether oxygens (including phenoxy) is 3. The van der Waals surface area contributed by atoms with Crippen molar-refractivity contribution >= 4 is 10.8 Å². The van der Waals surface area contributed by atoms with E-state index in [2.05, 4.69) is 73.7 Å². The second-order valence-corrected chi connectivity index (χ2v) is 7.39. The smallest absolute Gasteiger partial charge is 0.117 e. The maximum atomic E-state index is 6.44. The molecule has 3 nitrogen and oxygen atoms in total. The average molecular weight is 360 g/mol. The molecular formula is C24H24O3. The Bertz CT molecular complexity index is 946. The van der Waals surface area contributed by atoms with Gasteiger partial charge in [0, 0.05) is 0 Å². The molecule has 0 unspecified atom stereocenters. The van der Waals surface area contributed by atoms with Gasteiger partial charge >= 0.3 is 0 Å². The monoisotopic (exact) mass is 360 g/mol. The second-order valence-electron chi connectivity index (χ2n) is 7.39. The Morgan fingerprint density at radius 2 is 1.78 bits per heavy atom. The normalized spacial score (nSPS) is 26.7. The van der Waals surface area contributed by atoms with Gasteiger partial charge in [-0.1, -0.05) is 73.7 Å². The molecule has 3 aromatic carbocycles. The predicted molar refractivity (Wildman–Crippen MR) is 105 cm³/mol. The van der Waals surface area contributed by atoms with E-state index in [-0.39, 0.29) is 24.4 Å². The molecule has 3 heteroatoms. The summed E-state index contributed by atoms with van der Waals surface area (Å²) < 4.78 is 19.0. The van der Waals surface area contributed by atoms with Crippen molar-refractivity contribution in [3.63, 3.8) is 0 Å². The van der Waals surface area contributed by atoms with E-state index in [1.807, 2.05) is 0 Å². The molecule has 0 saturated carbocycles. The lowest BCUT2D eigenvalue weighted by atomic mass is 9.94. The maximum Gasteiger partial charge on any atom is 0.117 e. The molecular weight excluding hydrogens is 336 g/mol. The highest BCUT2D eigenvalue weighted by Crippen LogP contribution is 2.43. The number of rotatable bonds is 4. The van der Waals surface area contributed by atoms with Gasteiger partial charge in [0.2, 0.25) is 0 Å². The zero-order valence-corrected chi connectivity index (χ0v) is 15.5. The average Bonchev–Trinajstić information content (AvgIpc) is 3.10. The van der Waals surface area contributed by atoms with E-state index in [4.69, 9.17) is 14.2 Å². The fraction of sp³-hybridized carbons (Fsp3) is 0.333. The van der Waals surface area contributed by atoms with Crippen LogP contribution in [0.2, 0.25) is 0 Å². The van der Waals surface area contributed by atoms with E-state index >= 15 is 0 Å². The van der Waals surface area contributed by atoms with Gasteiger partial charge in [-0.3, -0.25) is 0 Å². The third-order valence-corrected chi connectivity index (χ3v) is 5.82. The van der Waals surface area contributed by atoms with Crippen molar-refractivity contribution in [3.05, 3.63) is 83.4 Å². The topological polar surface area (TPSA) is 27.7 Å². The minimum Gasteiger partial charge on any atom is -0.368 e. The molecule has 2 aliphatic rings. The van der Waals surface area contributed by atoms with Crippen molar-refractivity contribution in [1.29, 1.82) is 0 Å². The van der Waals surface area contributed by atoms with Crippen molar-refractivity contribution in [1.82, 2.24) is 0 Å². The van der Waals surface area contributed by atoms with E-state index < -0.39 is 0 Å². The van der Waals surface area contributed by atoms with Gasteiger partial charge < -0.3 is 14.2 Å². The fourth-order valence-corrected chi connectivity index (χ4v) is 4.42. The Balaban J connectivity index is 1.40. The summed E-state index contributed by atoms with van der Waals surface area (Å²) in [5.41, 5.74) is 3.69. The van der Waals surface area contributed by atoms with Crippen LogP contribution in [0.3, 0.4) is 0 Å². The van der Waals surface area contributed by atoms with Crippen LogP contribution in [0.15, 0.2) is 66.7 Å². The molecule has 1 fully saturated rings. The zero-order chi connectivity index (χ0) is 18.2. The molecule has 0 aliphatic carbocycles. The highest BCUT2D eigenvalue weighted by molar-refractivity contribution is 5.85. The van der Waals surface area contributed by atoms with Crippen LogP contribution in [0.5, 0.6) is 0 Å². The van der Waals surface area contributed by atoms with E-state index in [1.54, 1.807) is 0 Å². The second kappa shape index (κ2) is 7.08. The predicted octanol–water partition coefficient (Wildman–Crippen LogP) is 5.17. The van der Waals surface area contributed by atoms with Crippen molar-refractivity contribution < 1.29 is 14.2 Å². The SMILES string of the molecule is CC[C@H]1O[C@@H]2c3ccccc3CO[C@@H]2[C@H]1OCc1cccc2ccccc12. The van der Waals surface area contributed by atoms with Gasteiger partial charge in [0.25, 0.3) is 0 Å². The quantitative estimate of drug-likeness (QED) is 0.642. The molecule has 5 rings (SSSR count). The molecule has 1 saturated heterocycles. The number of benzene rings is 3. The molecule has 4 atom stereocenters. The number of hydrogen-bond donors (Lipinski definition) is 0. The number of hydrogen-bond acceptors (Lipinski definition) is 3. The van der Waals surface area contributed by atoms with Gasteiger partial charge in [0.05, 0.1) is 19.3 Å². The highest BCUT2D eigenvalue weighted by Gasteiger charge is 2.48. The first kappa shape index (κ1) is 16.9. The van der Waals surface area contributed by atoms with Gasteiger partial charge in [-0.15, -0.1) is 0 Å². The van der Waals surface area contributed by atoms with Crippen molar-refractivity contribution in [3.8, 4) is 0 Å². The lowest BCUT2D eigenvalue weighted by Gasteiger charge is -2.30. The Kier molecular flexibility index (Phi) is 4.44. The summed E-state index contributed by atoms with van der Waals surface area (Å²) in [6.45, 7) is 3.35. The van der Waals surface area contributed by atoms with Crippen LogP contribution < -0.4 is 0 Å². The number of fused-ring (bicyclic) bond motifs is 4. The summed E-state index contributed by atoms with van der Waals surface area (Å²) in [6.07, 6.45) is 0.851. The molecule has 0 N–H and O–H groups in total. The van der Waals surface area contributed by atoms with Crippen molar-refractivity contribution in [2.24, 2.45) is 0 Å². The minimum atomic E-state index is -0.0488. The molecule has 27 heavy (non-hydrogen) atoms. The summed E-state index contributed by atoms with van der Waals surface area (Å²) in [5, 5.41) is 2.49. The van der Waals surface area contributed by atoms with E-state index in [0.29, 0.717) is 13.2 Å². The minimum absolute atomic E-state index is 0.0302. The Morgan fingerprint density at radius 1 is 0.963 bits per heavy atom. The Morgan fingerprint density at radius 3 is 2.70 bits per heavy atom. The van der Waals surface area contributed by atoms with Gasteiger partial charge in [-0.05, 0) is 33.9 Å². The maximum absolute atomic E-state index is 6.44. The first-order valence-corrected chi connectivity index (χ1v) is 9.78. The molecule has 0 radical (unpaired) electrons. The highest BCUT2D eigenvalue weighted by atomic mass is 16.6. The molecule has 2 heterocycles. The van der Waals surface area contributed by atoms with E-state index in [1.165, 1.54) is 27.5 Å². The summed E-state index contributed by atoms with van der Waals surface area (Å²) in [7, 11) is 0. The van der Waals surface area contributed by atoms with Crippen LogP contribution in [0.1, 0.15) is 36.1 Å². The van der Waals surface area contributed by atoms with Crippen LogP contribution in [-0.2, 0) is 27.4 Å². The zero-order valence-electron chi connectivity index (χ0n) is 15.5.